The van der Waals surface area contributed by atoms with E-state index in [0.29, 0.717) is 9.47 Å². The van der Waals surface area contributed by atoms with Gasteiger partial charge in [-0.1, -0.05) is 23.1 Å². The summed E-state index contributed by atoms with van der Waals surface area (Å²) in [6.07, 6.45) is 0. The molecule has 0 radical (unpaired) electrons. The number of nitrogen functional groups attached to an aromatic ring is 1. The van der Waals surface area contributed by atoms with Crippen LogP contribution in [0.15, 0.2) is 4.34 Å². The van der Waals surface area contributed by atoms with E-state index in [1.807, 2.05) is 5.32 Å². The number of thioether (sulfide) groups is 1. The van der Waals surface area contributed by atoms with Gasteiger partial charge in [-0.2, -0.15) is 0 Å². The smallest absolute Gasteiger partial charge is 0.318 e. The first-order valence-corrected chi connectivity index (χ1v) is 5.19. The Kier molecular flexibility index (Phi) is 3.65. The van der Waals surface area contributed by atoms with Crippen LogP contribution in [-0.2, 0) is 4.79 Å². The highest BCUT2D eigenvalue weighted by Crippen LogP contribution is 2.22. The van der Waals surface area contributed by atoms with E-state index in [-0.39, 0.29) is 5.75 Å². The van der Waals surface area contributed by atoms with Crippen molar-refractivity contribution in [2.75, 3.05) is 11.5 Å². The van der Waals surface area contributed by atoms with Crippen LogP contribution >= 0.6 is 23.1 Å². The minimum Gasteiger partial charge on any atom is -0.374 e. The van der Waals surface area contributed by atoms with Crippen molar-refractivity contribution in [1.29, 1.82) is 0 Å². The van der Waals surface area contributed by atoms with Crippen LogP contribution in [0.25, 0.3) is 0 Å². The molecule has 9 heteroatoms. The lowest BCUT2D eigenvalue weighted by atomic mass is 10.7. The van der Waals surface area contributed by atoms with Gasteiger partial charge in [0.25, 0.3) is 0 Å². The summed E-state index contributed by atoms with van der Waals surface area (Å²) in [5, 5.41) is 9.49. The largest absolute Gasteiger partial charge is 0.374 e. The molecule has 76 valence electrons. The molecular weight excluding hydrogens is 226 g/mol. The molecule has 5 N–H and O–H groups in total. The molecular formula is C5H7N5O2S2. The van der Waals surface area contributed by atoms with Crippen LogP contribution in [0.2, 0.25) is 0 Å². The Bertz CT molecular complexity index is 352. The van der Waals surface area contributed by atoms with Gasteiger partial charge < -0.3 is 11.5 Å². The van der Waals surface area contributed by atoms with E-state index in [1.54, 1.807) is 0 Å². The molecule has 0 bridgehead atoms. The second-order valence-corrected chi connectivity index (χ2v) is 4.34. The number of hydrogen-bond donors (Lipinski definition) is 3. The maximum atomic E-state index is 10.9. The third-order valence-electron chi connectivity index (χ3n) is 1.01. The van der Waals surface area contributed by atoms with Crippen LogP contribution in [0, 0.1) is 0 Å². The van der Waals surface area contributed by atoms with Crippen molar-refractivity contribution in [3.05, 3.63) is 0 Å². The van der Waals surface area contributed by atoms with Crippen LogP contribution in [-0.4, -0.2) is 27.9 Å². The quantitative estimate of drug-likeness (QED) is 0.599. The van der Waals surface area contributed by atoms with Gasteiger partial charge in [-0.3, -0.25) is 10.1 Å². The Morgan fingerprint density at radius 3 is 2.71 bits per heavy atom. The Morgan fingerprint density at radius 2 is 2.21 bits per heavy atom. The normalized spacial score (nSPS) is 9.71. The predicted octanol–water partition coefficient (Wildman–Crippen LogP) is -0.593. The van der Waals surface area contributed by atoms with Crippen LogP contribution in [0.5, 0.6) is 0 Å². The fraction of sp³-hybridized carbons (Fsp3) is 0.200. The van der Waals surface area contributed by atoms with Crippen LogP contribution in [0.3, 0.4) is 0 Å². The predicted molar refractivity (Wildman–Crippen MR) is 52.8 cm³/mol. The second kappa shape index (κ2) is 4.77. The molecule has 14 heavy (non-hydrogen) atoms. The Balaban J connectivity index is 2.34. The third-order valence-corrected chi connectivity index (χ3v) is 2.90. The molecule has 1 heterocycles. The number of carbonyl (C=O) groups excluding carboxylic acids is 2. The molecule has 0 unspecified atom stereocenters. The molecule has 0 spiro atoms. The summed E-state index contributed by atoms with van der Waals surface area (Å²) in [5.74, 6) is -0.423. The molecule has 1 aromatic heterocycles. The monoisotopic (exact) mass is 233 g/mol. The van der Waals surface area contributed by atoms with Gasteiger partial charge in [-0.05, 0) is 0 Å². The maximum Gasteiger partial charge on any atom is 0.318 e. The number of nitrogens with zero attached hydrogens (tertiary/aromatic N) is 2. The molecule has 3 amide bonds. The summed E-state index contributed by atoms with van der Waals surface area (Å²) in [6.45, 7) is 0. The van der Waals surface area contributed by atoms with Gasteiger partial charge in [0.15, 0.2) is 4.34 Å². The van der Waals surface area contributed by atoms with Crippen molar-refractivity contribution in [1.82, 2.24) is 15.5 Å². The Hall–Kier alpha value is -1.35. The van der Waals surface area contributed by atoms with Gasteiger partial charge in [0.05, 0.1) is 5.75 Å². The average molecular weight is 233 g/mol. The van der Waals surface area contributed by atoms with E-state index in [1.165, 1.54) is 11.3 Å². The van der Waals surface area contributed by atoms with Gasteiger partial charge in [-0.25, -0.2) is 4.79 Å². The standard InChI is InChI=1S/C5H7N5O2S2/c6-3(12)8-2(11)1-13-5-10-9-4(7)14-5/h1H2,(H2,7,9)(H3,6,8,11,12). The van der Waals surface area contributed by atoms with Crippen molar-refractivity contribution in [2.24, 2.45) is 5.73 Å². The highest BCUT2D eigenvalue weighted by Gasteiger charge is 2.07. The van der Waals surface area contributed by atoms with E-state index < -0.39 is 11.9 Å². The zero-order chi connectivity index (χ0) is 10.6. The fourth-order valence-corrected chi connectivity index (χ4v) is 2.02. The van der Waals surface area contributed by atoms with Crippen molar-refractivity contribution in [3.63, 3.8) is 0 Å². The molecule has 0 saturated carbocycles. The number of urea groups is 1. The number of hydrogen-bond acceptors (Lipinski definition) is 7. The summed E-state index contributed by atoms with van der Waals surface area (Å²) >= 11 is 2.31. The topological polar surface area (TPSA) is 124 Å². The molecule has 0 saturated heterocycles. The van der Waals surface area contributed by atoms with E-state index in [4.69, 9.17) is 11.5 Å². The number of imide groups is 1. The highest BCUT2D eigenvalue weighted by molar-refractivity contribution is 8.01. The number of primary amides is 1. The minimum atomic E-state index is -0.868. The number of rotatable bonds is 3. The number of nitrogens with two attached hydrogens (primary N) is 2. The van der Waals surface area contributed by atoms with Crippen LogP contribution < -0.4 is 16.8 Å². The van der Waals surface area contributed by atoms with Gasteiger partial charge in [-0.15, -0.1) is 10.2 Å². The summed E-state index contributed by atoms with van der Waals surface area (Å²) in [5.41, 5.74) is 10.1. The van der Waals surface area contributed by atoms with Gasteiger partial charge >= 0.3 is 6.03 Å². The van der Waals surface area contributed by atoms with Crippen molar-refractivity contribution in [2.45, 2.75) is 4.34 Å². The van der Waals surface area contributed by atoms with Gasteiger partial charge in [0, 0.05) is 0 Å². The van der Waals surface area contributed by atoms with E-state index in [0.717, 1.165) is 11.8 Å². The molecule has 0 atom stereocenters. The van der Waals surface area contributed by atoms with Crippen LogP contribution in [0.1, 0.15) is 0 Å². The lowest BCUT2D eigenvalue weighted by molar-refractivity contribution is -0.117. The maximum absolute atomic E-state index is 10.9. The molecule has 0 aromatic carbocycles. The zero-order valence-electron chi connectivity index (χ0n) is 6.89. The van der Waals surface area contributed by atoms with Gasteiger partial charge in [0.1, 0.15) is 0 Å². The summed E-state index contributed by atoms with van der Waals surface area (Å²) in [6, 6.07) is -0.868. The SMILES string of the molecule is NC(=O)NC(=O)CSc1nnc(N)s1. The first-order chi connectivity index (χ1) is 6.58. The Morgan fingerprint density at radius 1 is 1.50 bits per heavy atom. The first kappa shape index (κ1) is 10.7. The second-order valence-electron chi connectivity index (χ2n) is 2.11. The molecule has 0 aliphatic rings. The van der Waals surface area contributed by atoms with Crippen molar-refractivity contribution < 1.29 is 9.59 Å². The molecule has 0 aliphatic carbocycles. The summed E-state index contributed by atoms with van der Waals surface area (Å²) in [4.78, 5) is 21.2. The lowest BCUT2D eigenvalue weighted by Gasteiger charge is -1.97. The molecule has 0 fully saturated rings. The third kappa shape index (κ3) is 3.58. The summed E-state index contributed by atoms with van der Waals surface area (Å²) < 4.78 is 0.571. The molecule has 1 aromatic rings. The Labute approximate surface area is 87.3 Å². The van der Waals surface area contributed by atoms with E-state index in [9.17, 15) is 9.59 Å². The molecule has 1 rings (SSSR count). The molecule has 0 aliphatic heterocycles. The minimum absolute atomic E-state index is 0.0531. The number of amides is 3. The summed E-state index contributed by atoms with van der Waals surface area (Å²) in [7, 11) is 0. The number of anilines is 1. The highest BCUT2D eigenvalue weighted by atomic mass is 32.2. The number of carbonyl (C=O) groups is 2. The van der Waals surface area contributed by atoms with Crippen LogP contribution in [0.4, 0.5) is 9.93 Å². The fourth-order valence-electron chi connectivity index (χ4n) is 0.579. The number of aromatic nitrogens is 2. The first-order valence-electron chi connectivity index (χ1n) is 3.39. The van der Waals surface area contributed by atoms with Gasteiger partial charge in [0.2, 0.25) is 11.0 Å². The van der Waals surface area contributed by atoms with Crippen molar-refractivity contribution >= 4 is 40.2 Å². The van der Waals surface area contributed by atoms with Crippen molar-refractivity contribution in [3.8, 4) is 0 Å². The van der Waals surface area contributed by atoms with E-state index >= 15 is 0 Å². The zero-order valence-corrected chi connectivity index (χ0v) is 8.52. The van der Waals surface area contributed by atoms with E-state index in [2.05, 4.69) is 10.2 Å². The number of nitrogens with one attached hydrogen (secondary N) is 1. The molecule has 7 nitrogen and oxygen atoms in total. The average Bonchev–Trinajstić information content (AvgIpc) is 2.47. The lowest BCUT2D eigenvalue weighted by Crippen LogP contribution is -2.36.